The number of aryl methyl sites for hydroxylation is 2. The predicted molar refractivity (Wildman–Crippen MR) is 140 cm³/mol. The Balaban J connectivity index is 1.46. The Kier molecular flexibility index (Phi) is 7.04. The first-order valence-electron chi connectivity index (χ1n) is 12.7. The monoisotopic (exact) mass is 561 g/mol. The van der Waals surface area contributed by atoms with Gasteiger partial charge in [-0.3, -0.25) is 4.98 Å². The van der Waals surface area contributed by atoms with Crippen molar-refractivity contribution in [1.29, 1.82) is 0 Å². The molecule has 0 radical (unpaired) electrons. The predicted octanol–water partition coefficient (Wildman–Crippen LogP) is 4.60. The third-order valence-corrected chi connectivity index (χ3v) is 8.69. The molecule has 1 aliphatic heterocycles. The number of rotatable bonds is 5. The van der Waals surface area contributed by atoms with Gasteiger partial charge in [0.1, 0.15) is 35.9 Å². The Hall–Kier alpha value is -3.25. The summed E-state index contributed by atoms with van der Waals surface area (Å²) >= 11 is 0. The minimum Gasteiger partial charge on any atom is -0.491 e. The van der Waals surface area contributed by atoms with Crippen molar-refractivity contribution in [2.75, 3.05) is 24.6 Å². The van der Waals surface area contributed by atoms with Crippen molar-refractivity contribution >= 4 is 15.8 Å². The third-order valence-electron chi connectivity index (χ3n) is 7.17. The third kappa shape index (κ3) is 6.01. The minimum absolute atomic E-state index is 0.106. The molecule has 0 amide bonds. The Labute approximate surface area is 225 Å². The molecule has 0 fully saturated rings. The molecule has 2 aromatic heterocycles. The van der Waals surface area contributed by atoms with Crippen LogP contribution in [0.3, 0.4) is 0 Å². The van der Waals surface area contributed by atoms with Crippen LogP contribution in [0, 0.1) is 12.3 Å². The maximum Gasteiger partial charge on any atom is 0.402 e. The number of aromatic nitrogens is 3. The lowest BCUT2D eigenvalue weighted by Gasteiger charge is -2.33. The standard InChI is InChI=1S/C27H30F3N5O3S/c1-17-24(39(36,37)34-15-27(28,29)30)11-19(13-31-17)18-4-5-23-20(10-18)14-35(8-9-38-23)25-21-12-26(2,3)7-6-22(21)32-16-33-25/h4-5,10-11,13,16,34H,6-9,12,14-15H2,1-3H3. The fraction of sp³-hybridized carbons (Fsp3) is 0.444. The number of halogens is 3. The topological polar surface area (TPSA) is 97.3 Å². The van der Waals surface area contributed by atoms with Gasteiger partial charge in [0.15, 0.2) is 0 Å². The number of pyridine rings is 1. The van der Waals surface area contributed by atoms with Gasteiger partial charge in [-0.1, -0.05) is 19.9 Å². The highest BCUT2D eigenvalue weighted by Gasteiger charge is 2.32. The van der Waals surface area contributed by atoms with E-state index in [0.717, 1.165) is 41.9 Å². The van der Waals surface area contributed by atoms with Crippen LogP contribution in [0.25, 0.3) is 11.1 Å². The first-order chi connectivity index (χ1) is 18.3. The number of ether oxygens (including phenoxy) is 1. The van der Waals surface area contributed by atoms with Gasteiger partial charge in [-0.2, -0.15) is 13.2 Å². The number of nitrogens with one attached hydrogen (secondary N) is 1. The molecular weight excluding hydrogens is 531 g/mol. The zero-order valence-corrected chi connectivity index (χ0v) is 22.8. The molecule has 0 saturated carbocycles. The van der Waals surface area contributed by atoms with Crippen LogP contribution in [0.15, 0.2) is 41.7 Å². The summed E-state index contributed by atoms with van der Waals surface area (Å²) in [4.78, 5) is 15.2. The molecule has 39 heavy (non-hydrogen) atoms. The summed E-state index contributed by atoms with van der Waals surface area (Å²) in [5.41, 5.74) is 4.53. The smallest absolute Gasteiger partial charge is 0.402 e. The van der Waals surface area contributed by atoms with Crippen molar-refractivity contribution in [2.45, 2.75) is 57.7 Å². The van der Waals surface area contributed by atoms with Crippen molar-refractivity contribution in [1.82, 2.24) is 19.7 Å². The van der Waals surface area contributed by atoms with E-state index in [9.17, 15) is 21.6 Å². The molecule has 5 rings (SSSR count). The highest BCUT2D eigenvalue weighted by atomic mass is 32.2. The molecule has 0 saturated heterocycles. The molecule has 3 heterocycles. The van der Waals surface area contributed by atoms with Gasteiger partial charge in [0.2, 0.25) is 10.0 Å². The van der Waals surface area contributed by atoms with Gasteiger partial charge >= 0.3 is 6.18 Å². The van der Waals surface area contributed by atoms with Crippen LogP contribution in [0.2, 0.25) is 0 Å². The second-order valence-electron chi connectivity index (χ2n) is 10.8. The lowest BCUT2D eigenvalue weighted by molar-refractivity contribution is -0.121. The van der Waals surface area contributed by atoms with E-state index >= 15 is 0 Å². The highest BCUT2D eigenvalue weighted by molar-refractivity contribution is 7.89. The lowest BCUT2D eigenvalue weighted by atomic mass is 9.76. The molecule has 0 atom stereocenters. The van der Waals surface area contributed by atoms with E-state index in [0.29, 0.717) is 36.6 Å². The van der Waals surface area contributed by atoms with Gasteiger partial charge in [0, 0.05) is 35.1 Å². The van der Waals surface area contributed by atoms with Crippen molar-refractivity contribution < 1.29 is 26.3 Å². The maximum atomic E-state index is 12.7. The number of anilines is 1. The van der Waals surface area contributed by atoms with Crippen LogP contribution >= 0.6 is 0 Å². The van der Waals surface area contributed by atoms with Crippen molar-refractivity contribution in [2.24, 2.45) is 5.41 Å². The fourth-order valence-corrected chi connectivity index (χ4v) is 6.32. The van der Waals surface area contributed by atoms with E-state index in [2.05, 4.69) is 33.7 Å². The van der Waals surface area contributed by atoms with Crippen LogP contribution in [0.1, 0.15) is 42.8 Å². The van der Waals surface area contributed by atoms with E-state index in [4.69, 9.17) is 4.74 Å². The molecule has 2 aliphatic rings. The van der Waals surface area contributed by atoms with Gasteiger partial charge < -0.3 is 9.64 Å². The molecule has 1 aromatic carbocycles. The first kappa shape index (κ1) is 27.3. The van der Waals surface area contributed by atoms with Gasteiger partial charge in [0.25, 0.3) is 0 Å². The quantitative estimate of drug-likeness (QED) is 0.486. The number of benzene rings is 1. The summed E-state index contributed by atoms with van der Waals surface area (Å²) in [6.07, 6.45) is 1.32. The Morgan fingerprint density at radius 1 is 1.13 bits per heavy atom. The summed E-state index contributed by atoms with van der Waals surface area (Å²) in [6, 6.07) is 6.86. The molecule has 8 nitrogen and oxygen atoms in total. The van der Waals surface area contributed by atoms with E-state index in [1.165, 1.54) is 19.2 Å². The normalized spacial score (nSPS) is 17.1. The van der Waals surface area contributed by atoms with E-state index < -0.39 is 22.7 Å². The van der Waals surface area contributed by atoms with E-state index in [1.807, 2.05) is 12.1 Å². The number of sulfonamides is 1. The van der Waals surface area contributed by atoms with E-state index in [1.54, 1.807) is 17.1 Å². The van der Waals surface area contributed by atoms with E-state index in [-0.39, 0.29) is 16.0 Å². The lowest BCUT2D eigenvalue weighted by Crippen LogP contribution is -2.34. The molecule has 0 bridgehead atoms. The zero-order valence-electron chi connectivity index (χ0n) is 22.0. The van der Waals surface area contributed by atoms with Crippen LogP contribution in [-0.2, 0) is 29.4 Å². The largest absolute Gasteiger partial charge is 0.491 e. The second kappa shape index (κ2) is 10.1. The van der Waals surface area contributed by atoms with Crippen LogP contribution in [0.4, 0.5) is 19.0 Å². The van der Waals surface area contributed by atoms with Crippen LogP contribution in [0.5, 0.6) is 5.75 Å². The molecular formula is C27H30F3N5O3S. The van der Waals surface area contributed by atoms with Crippen molar-refractivity contribution in [3.63, 3.8) is 0 Å². The SMILES string of the molecule is Cc1ncc(-c2ccc3c(c2)CN(c2ncnc4c2CC(C)(C)CC4)CCO3)cc1S(=O)(=O)NCC(F)(F)F. The first-order valence-corrected chi connectivity index (χ1v) is 14.2. The Bertz CT molecular complexity index is 1510. The summed E-state index contributed by atoms with van der Waals surface area (Å²) in [6.45, 7) is 5.91. The van der Waals surface area contributed by atoms with Gasteiger partial charge in [-0.25, -0.2) is 23.1 Å². The molecule has 12 heteroatoms. The zero-order chi connectivity index (χ0) is 28.0. The summed E-state index contributed by atoms with van der Waals surface area (Å²) in [5, 5.41) is 0. The molecule has 208 valence electrons. The van der Waals surface area contributed by atoms with Crippen molar-refractivity contribution in [3.05, 3.63) is 59.3 Å². The average Bonchev–Trinajstić information content (AvgIpc) is 3.08. The molecule has 1 N–H and O–H groups in total. The number of hydrogen-bond acceptors (Lipinski definition) is 7. The minimum atomic E-state index is -4.67. The van der Waals surface area contributed by atoms with Crippen molar-refractivity contribution in [3.8, 4) is 16.9 Å². The van der Waals surface area contributed by atoms with Gasteiger partial charge in [0.05, 0.1) is 12.2 Å². The molecule has 0 spiro atoms. The molecule has 0 unspecified atom stereocenters. The van der Waals surface area contributed by atoms with Gasteiger partial charge in [-0.05, 0) is 55.4 Å². The summed E-state index contributed by atoms with van der Waals surface area (Å²) in [7, 11) is -4.42. The molecule has 3 aromatic rings. The number of nitrogens with zero attached hydrogens (tertiary/aromatic N) is 4. The van der Waals surface area contributed by atoms with Gasteiger partial charge in [-0.15, -0.1) is 0 Å². The number of hydrogen-bond donors (Lipinski definition) is 1. The highest BCUT2D eigenvalue weighted by Crippen LogP contribution is 2.39. The summed E-state index contributed by atoms with van der Waals surface area (Å²) < 4.78 is 70.9. The molecule has 1 aliphatic carbocycles. The fourth-order valence-electron chi connectivity index (χ4n) is 5.08. The number of fused-ring (bicyclic) bond motifs is 2. The Morgan fingerprint density at radius 2 is 1.92 bits per heavy atom. The Morgan fingerprint density at radius 3 is 2.69 bits per heavy atom. The summed E-state index contributed by atoms with van der Waals surface area (Å²) in [5.74, 6) is 1.61. The second-order valence-corrected chi connectivity index (χ2v) is 12.5. The maximum absolute atomic E-state index is 12.7. The number of alkyl halides is 3. The van der Waals surface area contributed by atoms with Crippen LogP contribution in [-0.4, -0.2) is 49.2 Å². The van der Waals surface area contributed by atoms with Crippen LogP contribution < -0.4 is 14.4 Å². The average molecular weight is 562 g/mol.